The maximum Gasteiger partial charge on any atom is 0.0491 e. The highest BCUT2D eigenvalue weighted by Crippen LogP contribution is 2.31. The molecule has 1 aromatic rings. The molecule has 1 rings (SSSR count). The summed E-state index contributed by atoms with van der Waals surface area (Å²) < 4.78 is 0.673. The highest BCUT2D eigenvalue weighted by Gasteiger charge is 2.02. The van der Waals surface area contributed by atoms with Crippen LogP contribution in [0.25, 0.3) is 0 Å². The summed E-state index contributed by atoms with van der Waals surface area (Å²) >= 11 is 12.2. The van der Waals surface area contributed by atoms with Crippen LogP contribution in [0.4, 0.5) is 0 Å². The molecule has 14 heavy (non-hydrogen) atoms. The first-order valence-electron chi connectivity index (χ1n) is 4.37. The Balaban J connectivity index is 2.68. The van der Waals surface area contributed by atoms with E-state index in [1.54, 1.807) is 23.5 Å². The predicted octanol–water partition coefficient (Wildman–Crippen LogP) is 4.42. The smallest absolute Gasteiger partial charge is 0.0491 e. The molecule has 0 aromatic heterocycles. The van der Waals surface area contributed by atoms with Crippen molar-refractivity contribution in [3.8, 4) is 0 Å². The summed E-state index contributed by atoms with van der Waals surface area (Å²) in [7, 11) is 0. The third kappa shape index (κ3) is 4.91. The summed E-state index contributed by atoms with van der Waals surface area (Å²) in [6, 6.07) is 8.50. The molecule has 0 saturated heterocycles. The van der Waals surface area contributed by atoms with E-state index < -0.39 is 0 Å². The predicted molar refractivity (Wildman–Crippen MR) is 75.1 cm³/mol. The zero-order valence-electron chi connectivity index (χ0n) is 8.18. The lowest BCUT2D eigenvalue weighted by molar-refractivity contribution is 1.30. The first kappa shape index (κ1) is 12.7. The van der Waals surface area contributed by atoms with E-state index in [0.29, 0.717) is 9.16 Å². The average molecular weight is 262 g/mol. The molecule has 0 heterocycles. The summed E-state index contributed by atoms with van der Waals surface area (Å²) in [5, 5.41) is 0. The van der Waals surface area contributed by atoms with Crippen molar-refractivity contribution >= 4 is 48.8 Å². The van der Waals surface area contributed by atoms with Gasteiger partial charge in [-0.2, -0.15) is 25.3 Å². The summed E-state index contributed by atoms with van der Waals surface area (Å²) in [5.41, 5.74) is 0. The van der Waals surface area contributed by atoms with Gasteiger partial charge in [-0.25, -0.2) is 0 Å². The largest absolute Gasteiger partial charge is 0.165 e. The molecule has 4 heteroatoms. The van der Waals surface area contributed by atoms with Gasteiger partial charge in [0.15, 0.2) is 0 Å². The van der Waals surface area contributed by atoms with Crippen molar-refractivity contribution in [1.29, 1.82) is 0 Å². The van der Waals surface area contributed by atoms with Crippen molar-refractivity contribution in [1.82, 2.24) is 0 Å². The normalized spacial score (nSPS) is 15.1. The van der Waals surface area contributed by atoms with Crippen LogP contribution in [0.2, 0.25) is 0 Å². The molecule has 78 valence electrons. The van der Waals surface area contributed by atoms with Crippen LogP contribution in [-0.2, 0) is 0 Å². The number of hydrogen-bond acceptors (Lipinski definition) is 4. The Morgan fingerprint density at radius 1 is 1.00 bits per heavy atom. The molecule has 0 fully saturated rings. The number of benzene rings is 1. The molecule has 0 bridgehead atoms. The fourth-order valence-corrected chi connectivity index (χ4v) is 3.31. The minimum atomic E-state index is 0.337. The molecule has 0 N–H and O–H groups in total. The molecule has 0 nitrogen and oxygen atoms in total. The van der Waals surface area contributed by atoms with Crippen LogP contribution in [0.15, 0.2) is 34.1 Å². The first-order valence-corrected chi connectivity index (χ1v) is 7.16. The Kier molecular flexibility index (Phi) is 5.67. The van der Waals surface area contributed by atoms with E-state index in [1.807, 2.05) is 0 Å². The Bertz CT molecular complexity index is 258. The van der Waals surface area contributed by atoms with Crippen molar-refractivity contribution in [2.45, 2.75) is 32.8 Å². The van der Waals surface area contributed by atoms with Crippen LogP contribution < -0.4 is 0 Å². The molecule has 0 aliphatic heterocycles. The maximum absolute atomic E-state index is 4.35. The lowest BCUT2D eigenvalue weighted by atomic mass is 10.4. The van der Waals surface area contributed by atoms with Crippen molar-refractivity contribution in [2.75, 3.05) is 0 Å². The van der Waals surface area contributed by atoms with E-state index in [9.17, 15) is 0 Å². The topological polar surface area (TPSA) is 0 Å². The van der Waals surface area contributed by atoms with Crippen LogP contribution in [0.3, 0.4) is 0 Å². The molecule has 0 spiro atoms. The zero-order chi connectivity index (χ0) is 10.6. The van der Waals surface area contributed by atoms with Crippen LogP contribution in [0.1, 0.15) is 13.8 Å². The zero-order valence-corrected chi connectivity index (χ0v) is 11.6. The number of rotatable bonds is 4. The van der Waals surface area contributed by atoms with Crippen molar-refractivity contribution in [3.05, 3.63) is 24.3 Å². The Hall–Kier alpha value is 0.620. The molecule has 0 amide bonds. The number of hydrogen-bond donors (Lipinski definition) is 2. The standard InChI is InChI=1S/C10H14S4/c1-7(11)13-9-4-3-5-10(6-9)14-8(2)12/h3-8,11-12H,1-2H3. The highest BCUT2D eigenvalue weighted by molar-refractivity contribution is 8.11. The van der Waals surface area contributed by atoms with E-state index >= 15 is 0 Å². The van der Waals surface area contributed by atoms with Crippen molar-refractivity contribution < 1.29 is 0 Å². The third-order valence-electron chi connectivity index (χ3n) is 1.42. The summed E-state index contributed by atoms with van der Waals surface area (Å²) in [6.07, 6.45) is 0. The second-order valence-corrected chi connectivity index (χ2v) is 7.99. The Morgan fingerprint density at radius 3 is 1.79 bits per heavy atom. The van der Waals surface area contributed by atoms with Gasteiger partial charge in [0.1, 0.15) is 0 Å². The number of thiol groups is 2. The van der Waals surface area contributed by atoms with E-state index in [2.05, 4.69) is 63.4 Å². The Morgan fingerprint density at radius 2 is 1.43 bits per heavy atom. The second-order valence-electron chi connectivity index (χ2n) is 2.91. The van der Waals surface area contributed by atoms with Gasteiger partial charge in [0, 0.05) is 19.0 Å². The molecule has 0 aliphatic carbocycles. The first-order chi connectivity index (χ1) is 6.58. The quantitative estimate of drug-likeness (QED) is 0.468. The molecule has 0 saturated carbocycles. The van der Waals surface area contributed by atoms with Gasteiger partial charge >= 0.3 is 0 Å². The third-order valence-corrected chi connectivity index (χ3v) is 3.79. The van der Waals surface area contributed by atoms with Crippen LogP contribution in [-0.4, -0.2) is 9.16 Å². The SMILES string of the molecule is CC(S)Sc1cccc(SC(C)S)c1. The van der Waals surface area contributed by atoms with Crippen molar-refractivity contribution in [2.24, 2.45) is 0 Å². The van der Waals surface area contributed by atoms with E-state index in [1.165, 1.54) is 9.79 Å². The van der Waals surface area contributed by atoms with Gasteiger partial charge in [-0.15, -0.1) is 23.5 Å². The van der Waals surface area contributed by atoms with Gasteiger partial charge in [-0.3, -0.25) is 0 Å². The monoisotopic (exact) mass is 262 g/mol. The molecule has 0 aliphatic rings. The minimum absolute atomic E-state index is 0.337. The minimum Gasteiger partial charge on any atom is -0.165 e. The lowest BCUT2D eigenvalue weighted by Crippen LogP contribution is -1.85. The van der Waals surface area contributed by atoms with Gasteiger partial charge in [0.05, 0.1) is 0 Å². The average Bonchev–Trinajstić information content (AvgIpc) is 2.01. The highest BCUT2D eigenvalue weighted by atomic mass is 32.2. The van der Waals surface area contributed by atoms with Crippen molar-refractivity contribution in [3.63, 3.8) is 0 Å². The van der Waals surface area contributed by atoms with E-state index in [0.717, 1.165) is 0 Å². The maximum atomic E-state index is 4.35. The van der Waals surface area contributed by atoms with Gasteiger partial charge in [-0.05, 0) is 32.0 Å². The molecular formula is C10H14S4. The molecule has 0 radical (unpaired) electrons. The van der Waals surface area contributed by atoms with E-state index in [4.69, 9.17) is 0 Å². The van der Waals surface area contributed by atoms with Gasteiger partial charge < -0.3 is 0 Å². The second kappa shape index (κ2) is 6.26. The molecule has 1 aromatic carbocycles. The lowest BCUT2D eigenvalue weighted by Gasteiger charge is -2.07. The summed E-state index contributed by atoms with van der Waals surface area (Å²) in [6.45, 7) is 4.16. The van der Waals surface area contributed by atoms with E-state index in [-0.39, 0.29) is 0 Å². The fraction of sp³-hybridized carbons (Fsp3) is 0.400. The van der Waals surface area contributed by atoms with Crippen LogP contribution >= 0.6 is 48.8 Å². The molecule has 2 atom stereocenters. The Labute approximate surface area is 105 Å². The van der Waals surface area contributed by atoms with Gasteiger partial charge in [0.2, 0.25) is 0 Å². The van der Waals surface area contributed by atoms with Crippen LogP contribution in [0.5, 0.6) is 0 Å². The van der Waals surface area contributed by atoms with Gasteiger partial charge in [0.25, 0.3) is 0 Å². The van der Waals surface area contributed by atoms with Gasteiger partial charge in [-0.1, -0.05) is 6.07 Å². The fourth-order valence-electron chi connectivity index (χ4n) is 1.01. The summed E-state index contributed by atoms with van der Waals surface area (Å²) in [4.78, 5) is 2.54. The summed E-state index contributed by atoms with van der Waals surface area (Å²) in [5.74, 6) is 0. The number of thioether (sulfide) groups is 2. The molecule has 2 unspecified atom stereocenters. The van der Waals surface area contributed by atoms with Crippen LogP contribution in [0, 0.1) is 0 Å². The molecular weight excluding hydrogens is 248 g/mol.